The molecule has 0 atom stereocenters. The minimum atomic E-state index is 0. The van der Waals surface area contributed by atoms with E-state index in [1.54, 1.807) is 17.5 Å². The van der Waals surface area contributed by atoms with Crippen LogP contribution in [0.15, 0.2) is 6.20 Å². The summed E-state index contributed by atoms with van der Waals surface area (Å²) in [5.41, 5.74) is 0. The van der Waals surface area contributed by atoms with Gasteiger partial charge in [-0.05, 0) is 51.0 Å². The molecule has 132 valence electrons. The van der Waals surface area contributed by atoms with Crippen molar-refractivity contribution in [2.24, 2.45) is 5.92 Å². The average molecular weight is 380 g/mol. The zero-order valence-corrected chi connectivity index (χ0v) is 16.1. The standard InChI is InChI=1S/C16H25N3OS.2ClH/c1-2-3-15-18-11-14(21-15)16(20)19-8-6-13(7-9-19)17-10-12-4-5-12;;/h11-13,17H,2-10H2,1H3;2*1H. The number of likely N-dealkylation sites (tertiary alicyclic amines) is 1. The van der Waals surface area contributed by atoms with Crippen LogP contribution in [0.1, 0.15) is 53.7 Å². The Labute approximate surface area is 155 Å². The quantitative estimate of drug-likeness (QED) is 0.821. The number of piperidine rings is 1. The van der Waals surface area contributed by atoms with Gasteiger partial charge in [-0.3, -0.25) is 4.79 Å². The van der Waals surface area contributed by atoms with E-state index in [0.29, 0.717) is 6.04 Å². The van der Waals surface area contributed by atoms with Gasteiger partial charge in [-0.15, -0.1) is 36.2 Å². The first-order chi connectivity index (χ1) is 10.3. The molecule has 1 aliphatic carbocycles. The number of aromatic nitrogens is 1. The number of rotatable bonds is 6. The van der Waals surface area contributed by atoms with Crippen molar-refractivity contribution in [3.8, 4) is 0 Å². The maximum absolute atomic E-state index is 12.5. The molecule has 1 N–H and O–H groups in total. The topological polar surface area (TPSA) is 45.2 Å². The van der Waals surface area contributed by atoms with Gasteiger partial charge in [0.2, 0.25) is 0 Å². The number of hydrogen-bond donors (Lipinski definition) is 1. The Hall–Kier alpha value is -0.360. The van der Waals surface area contributed by atoms with Crippen LogP contribution >= 0.6 is 36.2 Å². The highest BCUT2D eigenvalue weighted by molar-refractivity contribution is 7.13. The van der Waals surface area contributed by atoms with Crippen LogP contribution in [0.2, 0.25) is 0 Å². The Kier molecular flexibility index (Phi) is 8.83. The zero-order chi connectivity index (χ0) is 14.7. The Balaban J connectivity index is 0.00000132. The fourth-order valence-corrected chi connectivity index (χ4v) is 3.82. The van der Waals surface area contributed by atoms with Gasteiger partial charge in [0.1, 0.15) is 4.88 Å². The van der Waals surface area contributed by atoms with Crippen LogP contribution in [0.3, 0.4) is 0 Å². The molecule has 1 amide bonds. The molecular weight excluding hydrogens is 353 g/mol. The average Bonchev–Trinajstić information content (AvgIpc) is 3.23. The van der Waals surface area contributed by atoms with E-state index in [2.05, 4.69) is 17.2 Å². The lowest BCUT2D eigenvalue weighted by Gasteiger charge is -2.32. The van der Waals surface area contributed by atoms with Gasteiger partial charge in [-0.1, -0.05) is 6.92 Å². The van der Waals surface area contributed by atoms with E-state index in [4.69, 9.17) is 0 Å². The van der Waals surface area contributed by atoms with Crippen molar-refractivity contribution in [1.82, 2.24) is 15.2 Å². The van der Waals surface area contributed by atoms with Crippen molar-refractivity contribution in [2.45, 2.75) is 51.5 Å². The monoisotopic (exact) mass is 379 g/mol. The van der Waals surface area contributed by atoms with Crippen LogP contribution in [-0.4, -0.2) is 41.5 Å². The largest absolute Gasteiger partial charge is 0.338 e. The predicted octanol–water partition coefficient (Wildman–Crippen LogP) is 3.54. The van der Waals surface area contributed by atoms with Crippen LogP contribution in [-0.2, 0) is 6.42 Å². The highest BCUT2D eigenvalue weighted by Crippen LogP contribution is 2.28. The molecule has 2 heterocycles. The van der Waals surface area contributed by atoms with Crippen molar-refractivity contribution in [2.75, 3.05) is 19.6 Å². The molecule has 0 bridgehead atoms. The molecule has 0 spiro atoms. The van der Waals surface area contributed by atoms with Crippen LogP contribution in [0.5, 0.6) is 0 Å². The Morgan fingerprint density at radius 2 is 2.00 bits per heavy atom. The van der Waals surface area contributed by atoms with Crippen LogP contribution in [0.25, 0.3) is 0 Å². The second-order valence-corrected chi connectivity index (χ2v) is 7.40. The van der Waals surface area contributed by atoms with E-state index in [1.807, 2.05) is 4.90 Å². The molecule has 3 rings (SSSR count). The van der Waals surface area contributed by atoms with Crippen LogP contribution in [0, 0.1) is 5.92 Å². The van der Waals surface area contributed by atoms with Crippen LogP contribution < -0.4 is 5.32 Å². The van der Waals surface area contributed by atoms with Gasteiger partial charge in [0.15, 0.2) is 0 Å². The van der Waals surface area contributed by atoms with Crippen molar-refractivity contribution in [3.05, 3.63) is 16.1 Å². The summed E-state index contributed by atoms with van der Waals surface area (Å²) >= 11 is 1.56. The summed E-state index contributed by atoms with van der Waals surface area (Å²) in [6.07, 6.45) is 8.78. The summed E-state index contributed by atoms with van der Waals surface area (Å²) in [4.78, 5) is 19.6. The summed E-state index contributed by atoms with van der Waals surface area (Å²) in [7, 11) is 0. The minimum absolute atomic E-state index is 0. The first-order valence-corrected chi connectivity index (χ1v) is 9.05. The molecule has 1 saturated carbocycles. The third-order valence-electron chi connectivity index (χ3n) is 4.40. The lowest BCUT2D eigenvalue weighted by Crippen LogP contribution is -2.45. The number of carbonyl (C=O) groups excluding carboxylic acids is 1. The Bertz CT molecular complexity index is 485. The molecule has 2 fully saturated rings. The number of nitrogens with zero attached hydrogens (tertiary/aromatic N) is 2. The van der Waals surface area contributed by atoms with Gasteiger partial charge < -0.3 is 10.2 Å². The number of amides is 1. The normalized spacial score (nSPS) is 18.2. The minimum Gasteiger partial charge on any atom is -0.338 e. The van der Waals surface area contributed by atoms with Gasteiger partial charge in [0, 0.05) is 19.1 Å². The zero-order valence-electron chi connectivity index (χ0n) is 13.6. The molecule has 23 heavy (non-hydrogen) atoms. The van der Waals surface area contributed by atoms with Crippen LogP contribution in [0.4, 0.5) is 0 Å². The first-order valence-electron chi connectivity index (χ1n) is 8.23. The second kappa shape index (κ2) is 9.82. The molecular formula is C16H27Cl2N3OS. The number of aryl methyl sites for hydroxylation is 1. The second-order valence-electron chi connectivity index (χ2n) is 6.29. The number of hydrogen-bond acceptors (Lipinski definition) is 4. The molecule has 0 unspecified atom stereocenters. The summed E-state index contributed by atoms with van der Waals surface area (Å²) in [5, 5.41) is 4.74. The van der Waals surface area contributed by atoms with E-state index in [0.717, 1.165) is 54.6 Å². The van der Waals surface area contributed by atoms with Crippen molar-refractivity contribution >= 4 is 42.1 Å². The van der Waals surface area contributed by atoms with Gasteiger partial charge in [0.25, 0.3) is 5.91 Å². The Morgan fingerprint density at radius 3 is 2.61 bits per heavy atom. The molecule has 0 radical (unpaired) electrons. The number of thiazole rings is 1. The van der Waals surface area contributed by atoms with Crippen molar-refractivity contribution in [3.63, 3.8) is 0 Å². The highest BCUT2D eigenvalue weighted by Gasteiger charge is 2.27. The number of nitrogens with one attached hydrogen (secondary N) is 1. The van der Waals surface area contributed by atoms with Gasteiger partial charge in [-0.25, -0.2) is 4.98 Å². The van der Waals surface area contributed by atoms with E-state index >= 15 is 0 Å². The molecule has 7 heteroatoms. The Morgan fingerprint density at radius 1 is 1.30 bits per heavy atom. The smallest absolute Gasteiger partial charge is 0.265 e. The van der Waals surface area contributed by atoms with E-state index < -0.39 is 0 Å². The maximum atomic E-state index is 12.5. The van der Waals surface area contributed by atoms with Gasteiger partial charge in [0.05, 0.1) is 11.2 Å². The summed E-state index contributed by atoms with van der Waals surface area (Å²) in [6.45, 7) is 5.07. The fourth-order valence-electron chi connectivity index (χ4n) is 2.84. The molecule has 1 saturated heterocycles. The summed E-state index contributed by atoms with van der Waals surface area (Å²) in [5.74, 6) is 1.11. The SMILES string of the molecule is CCCc1ncc(C(=O)N2CCC(NCC3CC3)CC2)s1.Cl.Cl. The first kappa shape index (κ1) is 20.7. The third kappa shape index (κ3) is 5.89. The lowest BCUT2D eigenvalue weighted by molar-refractivity contribution is 0.0709. The molecule has 2 aliphatic rings. The third-order valence-corrected chi connectivity index (χ3v) is 5.45. The summed E-state index contributed by atoms with van der Waals surface area (Å²) in [6, 6.07) is 0.603. The van der Waals surface area contributed by atoms with E-state index in [-0.39, 0.29) is 30.7 Å². The van der Waals surface area contributed by atoms with E-state index in [1.165, 1.54) is 19.4 Å². The number of halogens is 2. The van der Waals surface area contributed by atoms with Gasteiger partial charge >= 0.3 is 0 Å². The number of carbonyl (C=O) groups is 1. The molecule has 1 aliphatic heterocycles. The predicted molar refractivity (Wildman–Crippen MR) is 100 cm³/mol. The molecule has 1 aromatic heterocycles. The molecule has 0 aromatic carbocycles. The highest BCUT2D eigenvalue weighted by atomic mass is 35.5. The van der Waals surface area contributed by atoms with Crippen molar-refractivity contribution < 1.29 is 4.79 Å². The van der Waals surface area contributed by atoms with E-state index in [9.17, 15) is 4.79 Å². The maximum Gasteiger partial charge on any atom is 0.265 e. The lowest BCUT2D eigenvalue weighted by atomic mass is 10.0. The fraction of sp³-hybridized carbons (Fsp3) is 0.750. The molecule has 4 nitrogen and oxygen atoms in total. The molecule has 1 aromatic rings. The van der Waals surface area contributed by atoms with Crippen molar-refractivity contribution in [1.29, 1.82) is 0 Å². The van der Waals surface area contributed by atoms with Gasteiger partial charge in [-0.2, -0.15) is 0 Å². The summed E-state index contributed by atoms with van der Waals surface area (Å²) < 4.78 is 0.